The number of rotatable bonds is 6. The van der Waals surface area contributed by atoms with Gasteiger partial charge in [0.05, 0.1) is 6.10 Å². The Kier molecular flexibility index (Phi) is 6.04. The molecule has 162 valence electrons. The lowest BCUT2D eigenvalue weighted by molar-refractivity contribution is -0.138. The number of fused-ring (bicyclic) bond motifs is 1. The van der Waals surface area contributed by atoms with Gasteiger partial charge in [0, 0.05) is 38.3 Å². The number of hydrogen-bond donors (Lipinski definition) is 1. The van der Waals surface area contributed by atoms with Crippen molar-refractivity contribution >= 4 is 23.3 Å². The second kappa shape index (κ2) is 8.89. The molecule has 2 amide bonds. The fourth-order valence-electron chi connectivity index (χ4n) is 4.24. The van der Waals surface area contributed by atoms with Crippen LogP contribution in [0, 0.1) is 0 Å². The van der Waals surface area contributed by atoms with E-state index < -0.39 is 12.1 Å². The average Bonchev–Trinajstić information content (AvgIpc) is 3.36. The molecule has 0 aromatic heterocycles. The first-order chi connectivity index (χ1) is 14.9. The molecule has 0 aliphatic carbocycles. The zero-order chi connectivity index (χ0) is 22.0. The number of ether oxygens (including phenoxy) is 1. The van der Waals surface area contributed by atoms with E-state index in [1.807, 2.05) is 61.5 Å². The maximum absolute atomic E-state index is 13.4. The maximum Gasteiger partial charge on any atom is 0.251 e. The Bertz CT molecular complexity index is 959. The number of benzene rings is 2. The Morgan fingerprint density at radius 2 is 1.84 bits per heavy atom. The third kappa shape index (κ3) is 4.46. The maximum atomic E-state index is 13.4. The first-order valence-corrected chi connectivity index (χ1v) is 10.5. The average molecular weight is 421 g/mol. The van der Waals surface area contributed by atoms with E-state index in [0.29, 0.717) is 24.9 Å². The second-order valence-corrected chi connectivity index (χ2v) is 8.24. The molecule has 2 heterocycles. The van der Waals surface area contributed by atoms with E-state index in [0.717, 1.165) is 11.3 Å². The van der Waals surface area contributed by atoms with Crippen molar-refractivity contribution < 1.29 is 19.1 Å². The molecule has 0 bridgehead atoms. The normalized spacial score (nSPS) is 21.0. The molecular formula is C24H27N3O4. The number of amides is 2. The van der Waals surface area contributed by atoms with Crippen LogP contribution in [-0.2, 0) is 20.7 Å². The van der Waals surface area contributed by atoms with Crippen LogP contribution in [-0.4, -0.2) is 67.9 Å². The van der Waals surface area contributed by atoms with E-state index in [2.05, 4.69) is 5.32 Å². The number of Topliss-reactive ketones (excluding diaryl/α,β-unsaturated/α-hetero) is 1. The van der Waals surface area contributed by atoms with Crippen LogP contribution in [0.15, 0.2) is 54.6 Å². The molecule has 2 aliphatic heterocycles. The summed E-state index contributed by atoms with van der Waals surface area (Å²) in [5, 5.41) is 2.91. The monoisotopic (exact) mass is 421 g/mol. The SMILES string of the molecule is CN(C)c1ccc(C(=O)NC(Cc2ccccc2)C(=O)N2CCC3OCC(=O)C32)cc1. The lowest BCUT2D eigenvalue weighted by Crippen LogP contribution is -2.53. The summed E-state index contributed by atoms with van der Waals surface area (Å²) in [4.78, 5) is 42.2. The van der Waals surface area contributed by atoms with Crippen molar-refractivity contribution in [3.63, 3.8) is 0 Å². The molecule has 3 unspecified atom stereocenters. The first-order valence-electron chi connectivity index (χ1n) is 10.5. The minimum Gasteiger partial charge on any atom is -0.378 e. The number of likely N-dealkylation sites (tertiary alicyclic amines) is 1. The van der Waals surface area contributed by atoms with Crippen LogP contribution in [0.5, 0.6) is 0 Å². The van der Waals surface area contributed by atoms with Crippen LogP contribution in [0.4, 0.5) is 5.69 Å². The molecule has 3 atom stereocenters. The lowest BCUT2D eigenvalue weighted by atomic mass is 10.0. The summed E-state index contributed by atoms with van der Waals surface area (Å²) in [7, 11) is 3.86. The quantitative estimate of drug-likeness (QED) is 0.768. The van der Waals surface area contributed by atoms with E-state index in [4.69, 9.17) is 4.74 Å². The van der Waals surface area contributed by atoms with Crippen molar-refractivity contribution in [2.45, 2.75) is 31.0 Å². The first kappa shape index (κ1) is 21.1. The summed E-state index contributed by atoms with van der Waals surface area (Å²) in [6.07, 6.45) is 0.757. The number of nitrogens with zero attached hydrogens (tertiary/aromatic N) is 2. The van der Waals surface area contributed by atoms with Crippen LogP contribution in [0.1, 0.15) is 22.3 Å². The number of anilines is 1. The van der Waals surface area contributed by atoms with Crippen molar-refractivity contribution in [1.29, 1.82) is 0 Å². The van der Waals surface area contributed by atoms with Crippen molar-refractivity contribution in [3.05, 3.63) is 65.7 Å². The fourth-order valence-corrected chi connectivity index (χ4v) is 4.24. The third-order valence-corrected chi connectivity index (χ3v) is 5.93. The third-order valence-electron chi connectivity index (χ3n) is 5.93. The highest BCUT2D eigenvalue weighted by Crippen LogP contribution is 2.28. The highest BCUT2D eigenvalue weighted by Gasteiger charge is 2.48. The van der Waals surface area contributed by atoms with E-state index in [1.54, 1.807) is 17.0 Å². The number of nitrogens with one attached hydrogen (secondary N) is 1. The van der Waals surface area contributed by atoms with Crippen LogP contribution in [0.25, 0.3) is 0 Å². The van der Waals surface area contributed by atoms with Crippen LogP contribution in [0.2, 0.25) is 0 Å². The number of ketones is 1. The Morgan fingerprint density at radius 1 is 1.13 bits per heavy atom. The minimum absolute atomic E-state index is 0.0487. The van der Waals surface area contributed by atoms with E-state index in [1.165, 1.54) is 0 Å². The van der Waals surface area contributed by atoms with Gasteiger partial charge in [-0.2, -0.15) is 0 Å². The van der Waals surface area contributed by atoms with Gasteiger partial charge in [-0.05, 0) is 36.2 Å². The van der Waals surface area contributed by atoms with Crippen LogP contribution in [0.3, 0.4) is 0 Å². The van der Waals surface area contributed by atoms with Gasteiger partial charge >= 0.3 is 0 Å². The Morgan fingerprint density at radius 3 is 2.52 bits per heavy atom. The van der Waals surface area contributed by atoms with Gasteiger partial charge < -0.3 is 19.9 Å². The van der Waals surface area contributed by atoms with Crippen molar-refractivity contribution in [2.24, 2.45) is 0 Å². The number of hydrogen-bond acceptors (Lipinski definition) is 5. The van der Waals surface area contributed by atoms with Gasteiger partial charge in [-0.25, -0.2) is 0 Å². The molecule has 4 rings (SSSR count). The van der Waals surface area contributed by atoms with Crippen LogP contribution >= 0.6 is 0 Å². The van der Waals surface area contributed by atoms with Gasteiger partial charge in [-0.1, -0.05) is 30.3 Å². The molecule has 2 aliphatic rings. The lowest BCUT2D eigenvalue weighted by Gasteiger charge is -2.27. The summed E-state index contributed by atoms with van der Waals surface area (Å²) in [5.74, 6) is -0.627. The molecule has 7 nitrogen and oxygen atoms in total. The molecule has 0 radical (unpaired) electrons. The van der Waals surface area contributed by atoms with E-state index in [-0.39, 0.29) is 30.3 Å². The van der Waals surface area contributed by atoms with Gasteiger partial charge in [0.25, 0.3) is 5.91 Å². The van der Waals surface area contributed by atoms with Gasteiger partial charge in [-0.15, -0.1) is 0 Å². The molecule has 0 saturated carbocycles. The highest BCUT2D eigenvalue weighted by atomic mass is 16.5. The zero-order valence-corrected chi connectivity index (χ0v) is 17.8. The minimum atomic E-state index is -0.768. The number of carbonyl (C=O) groups excluding carboxylic acids is 3. The molecule has 2 aromatic carbocycles. The standard InChI is InChI=1S/C24H27N3O4/c1-26(2)18-10-8-17(9-11-18)23(29)25-19(14-16-6-4-3-5-7-16)24(30)27-13-12-21-22(27)20(28)15-31-21/h3-11,19,21-22H,12-15H2,1-2H3,(H,25,29). The summed E-state index contributed by atoms with van der Waals surface area (Å²) >= 11 is 0. The molecule has 2 aromatic rings. The van der Waals surface area contributed by atoms with Crippen molar-refractivity contribution in [1.82, 2.24) is 10.2 Å². The predicted octanol–water partition coefficient (Wildman–Crippen LogP) is 1.66. The van der Waals surface area contributed by atoms with Crippen molar-refractivity contribution in [2.75, 3.05) is 32.1 Å². The molecule has 2 fully saturated rings. The Balaban J connectivity index is 1.54. The molecular weight excluding hydrogens is 394 g/mol. The van der Waals surface area contributed by atoms with E-state index >= 15 is 0 Å². The summed E-state index contributed by atoms with van der Waals surface area (Å²) in [6.45, 7) is 0.506. The Labute approximate surface area is 182 Å². The topological polar surface area (TPSA) is 79.0 Å². The van der Waals surface area contributed by atoms with Crippen molar-refractivity contribution in [3.8, 4) is 0 Å². The Hall–Kier alpha value is -3.19. The zero-order valence-electron chi connectivity index (χ0n) is 17.8. The van der Waals surface area contributed by atoms with Gasteiger partial charge in [-0.3, -0.25) is 14.4 Å². The smallest absolute Gasteiger partial charge is 0.251 e. The molecule has 1 N–H and O–H groups in total. The number of carbonyl (C=O) groups is 3. The second-order valence-electron chi connectivity index (χ2n) is 8.24. The summed E-state index contributed by atoms with van der Waals surface area (Å²) in [5.41, 5.74) is 2.40. The van der Waals surface area contributed by atoms with Crippen LogP contribution < -0.4 is 10.2 Å². The predicted molar refractivity (Wildman–Crippen MR) is 117 cm³/mol. The molecule has 7 heteroatoms. The molecule has 0 spiro atoms. The molecule has 31 heavy (non-hydrogen) atoms. The summed E-state index contributed by atoms with van der Waals surface area (Å²) < 4.78 is 5.51. The van der Waals surface area contributed by atoms with Gasteiger partial charge in [0.15, 0.2) is 5.78 Å². The van der Waals surface area contributed by atoms with E-state index in [9.17, 15) is 14.4 Å². The van der Waals surface area contributed by atoms with Gasteiger partial charge in [0.2, 0.25) is 5.91 Å². The fraction of sp³-hybridized carbons (Fsp3) is 0.375. The largest absolute Gasteiger partial charge is 0.378 e. The molecule has 2 saturated heterocycles. The highest BCUT2D eigenvalue weighted by molar-refractivity contribution is 5.99. The van der Waals surface area contributed by atoms with Gasteiger partial charge in [0.1, 0.15) is 18.7 Å². The summed E-state index contributed by atoms with van der Waals surface area (Å²) in [6, 6.07) is 15.5.